The smallest absolute Gasteiger partial charge is 0.306 e. The topological polar surface area (TPSA) is 119 Å². The summed E-state index contributed by atoms with van der Waals surface area (Å²) >= 11 is 0. The number of carboxylic acids is 1. The van der Waals surface area contributed by atoms with E-state index in [0.717, 1.165) is 51.4 Å². The zero-order valence-corrected chi connectivity index (χ0v) is 21.2. The summed E-state index contributed by atoms with van der Waals surface area (Å²) in [5, 5.41) is 19.4. The molecule has 2 heterocycles. The van der Waals surface area contributed by atoms with Gasteiger partial charge in [-0.3, -0.25) is 9.59 Å². The molecule has 37 heavy (non-hydrogen) atoms. The molecule has 0 aliphatic carbocycles. The van der Waals surface area contributed by atoms with E-state index in [1.165, 1.54) is 32.9 Å². The number of nitrogens with zero attached hydrogens (tertiary/aromatic N) is 1. The number of nitriles is 1. The monoisotopic (exact) mass is 501 g/mol. The molecule has 7 nitrogen and oxygen atoms in total. The number of hydrogen-bond donors (Lipinski definition) is 3. The Labute approximate surface area is 217 Å². The maximum absolute atomic E-state index is 11.2. The number of H-pyrrole nitrogens is 2. The summed E-state index contributed by atoms with van der Waals surface area (Å²) < 4.78 is 4.70. The van der Waals surface area contributed by atoms with Gasteiger partial charge < -0.3 is 19.8 Å². The highest BCUT2D eigenvalue weighted by molar-refractivity contribution is 5.83. The zero-order valence-electron chi connectivity index (χ0n) is 21.2. The Morgan fingerprint density at radius 2 is 1.27 bits per heavy atom. The summed E-state index contributed by atoms with van der Waals surface area (Å²) in [6, 6.07) is 18.3. The number of ether oxygens (including phenoxy) is 1. The van der Waals surface area contributed by atoms with Gasteiger partial charge in [0.1, 0.15) is 6.07 Å². The maximum atomic E-state index is 11.2. The van der Waals surface area contributed by atoms with Crippen LogP contribution in [-0.2, 0) is 27.2 Å². The lowest BCUT2D eigenvalue weighted by molar-refractivity contribution is -0.142. The van der Waals surface area contributed by atoms with Crippen molar-refractivity contribution >= 4 is 33.7 Å². The fraction of sp³-hybridized carbons (Fsp3) is 0.367. The molecule has 0 unspecified atom stereocenters. The van der Waals surface area contributed by atoms with E-state index in [9.17, 15) is 9.59 Å². The van der Waals surface area contributed by atoms with E-state index in [-0.39, 0.29) is 19.0 Å². The third kappa shape index (κ3) is 9.16. The van der Waals surface area contributed by atoms with Crippen LogP contribution in [0, 0.1) is 11.3 Å². The predicted molar refractivity (Wildman–Crippen MR) is 145 cm³/mol. The number of aromatic nitrogens is 2. The molecule has 3 N–H and O–H groups in total. The molecule has 0 aliphatic heterocycles. The van der Waals surface area contributed by atoms with Crippen molar-refractivity contribution in [3.63, 3.8) is 0 Å². The van der Waals surface area contributed by atoms with Crippen molar-refractivity contribution in [2.75, 3.05) is 6.61 Å². The van der Waals surface area contributed by atoms with Gasteiger partial charge in [-0.2, -0.15) is 5.26 Å². The van der Waals surface area contributed by atoms with Crippen LogP contribution < -0.4 is 0 Å². The number of aryl methyl sites for hydroxylation is 2. The van der Waals surface area contributed by atoms with Gasteiger partial charge in [-0.25, -0.2) is 0 Å². The SMILES string of the molecule is N#CCOC(=O)CCCCCc1c[nH]c2ccccc12.O=C(O)CCCCCc1c[nH]c2ccccc12. The molecule has 0 fully saturated rings. The number of esters is 1. The summed E-state index contributed by atoms with van der Waals surface area (Å²) in [5.41, 5.74) is 5.00. The average molecular weight is 502 g/mol. The first-order valence-electron chi connectivity index (χ1n) is 12.9. The molecule has 194 valence electrons. The third-order valence-electron chi connectivity index (χ3n) is 6.31. The second kappa shape index (κ2) is 15.1. The molecule has 0 amide bonds. The molecule has 0 spiro atoms. The van der Waals surface area contributed by atoms with Crippen LogP contribution >= 0.6 is 0 Å². The van der Waals surface area contributed by atoms with Crippen LogP contribution in [0.4, 0.5) is 0 Å². The minimum Gasteiger partial charge on any atom is -0.481 e. The van der Waals surface area contributed by atoms with Crippen LogP contribution in [0.2, 0.25) is 0 Å². The van der Waals surface area contributed by atoms with Crippen molar-refractivity contribution in [2.45, 2.75) is 64.2 Å². The van der Waals surface area contributed by atoms with Crippen molar-refractivity contribution in [2.24, 2.45) is 0 Å². The Hall–Kier alpha value is -4.05. The molecule has 7 heteroatoms. The van der Waals surface area contributed by atoms with E-state index in [2.05, 4.69) is 46.6 Å². The van der Waals surface area contributed by atoms with Crippen molar-refractivity contribution in [1.29, 1.82) is 5.26 Å². The standard InChI is InChI=1S/C16H18N2O2.C14H17NO2/c17-10-11-20-16(19)9-3-1-2-6-13-12-18-15-8-5-4-7-14(13)15;16-14(17)9-3-1-2-6-11-10-15-13-8-5-4-7-12(11)13/h4-5,7-8,12,18H,1-3,6,9,11H2;4-5,7-8,10,15H,1-3,6,9H2,(H,16,17). The number of aliphatic carboxylic acids is 1. The zero-order chi connectivity index (χ0) is 26.3. The number of rotatable bonds is 13. The number of carbonyl (C=O) groups is 2. The van der Waals surface area contributed by atoms with Crippen LogP contribution in [0.3, 0.4) is 0 Å². The second-order valence-corrected chi connectivity index (χ2v) is 9.05. The lowest BCUT2D eigenvalue weighted by atomic mass is 10.1. The molecule has 0 bridgehead atoms. The summed E-state index contributed by atoms with van der Waals surface area (Å²) in [4.78, 5) is 28.1. The van der Waals surface area contributed by atoms with Crippen LogP contribution in [0.5, 0.6) is 0 Å². The van der Waals surface area contributed by atoms with Gasteiger partial charge in [0.05, 0.1) is 0 Å². The Balaban J connectivity index is 0.000000208. The molecule has 4 rings (SSSR count). The molecule has 0 saturated carbocycles. The van der Waals surface area contributed by atoms with Gasteiger partial charge in [0.25, 0.3) is 0 Å². The van der Waals surface area contributed by atoms with Gasteiger partial charge in [-0.05, 0) is 61.8 Å². The van der Waals surface area contributed by atoms with E-state index in [4.69, 9.17) is 15.1 Å². The lowest BCUT2D eigenvalue weighted by Crippen LogP contribution is -2.04. The number of carbonyl (C=O) groups excluding carboxylic acids is 1. The highest BCUT2D eigenvalue weighted by Gasteiger charge is 2.05. The number of benzene rings is 2. The summed E-state index contributed by atoms with van der Waals surface area (Å²) in [6.45, 7) is -0.145. The molecule has 0 radical (unpaired) electrons. The number of para-hydroxylation sites is 2. The minimum absolute atomic E-state index is 0.145. The number of nitrogens with one attached hydrogen (secondary N) is 2. The van der Waals surface area contributed by atoms with Crippen molar-refractivity contribution in [1.82, 2.24) is 9.97 Å². The molecule has 2 aromatic carbocycles. The number of aromatic amines is 2. The molecule has 0 aliphatic rings. The first-order valence-corrected chi connectivity index (χ1v) is 12.9. The minimum atomic E-state index is -0.697. The van der Waals surface area contributed by atoms with Gasteiger partial charge in [0, 0.05) is 47.0 Å². The van der Waals surface area contributed by atoms with E-state index in [0.29, 0.717) is 6.42 Å². The van der Waals surface area contributed by atoms with Gasteiger partial charge in [-0.1, -0.05) is 49.2 Å². The van der Waals surface area contributed by atoms with Crippen LogP contribution in [0.25, 0.3) is 21.8 Å². The van der Waals surface area contributed by atoms with Crippen molar-refractivity contribution < 1.29 is 19.4 Å². The fourth-order valence-electron chi connectivity index (χ4n) is 4.39. The quantitative estimate of drug-likeness (QED) is 0.139. The average Bonchev–Trinajstić information content (AvgIpc) is 3.51. The fourth-order valence-corrected chi connectivity index (χ4v) is 4.39. The van der Waals surface area contributed by atoms with E-state index in [1.807, 2.05) is 24.3 Å². The highest BCUT2D eigenvalue weighted by atomic mass is 16.5. The molecule has 0 saturated heterocycles. The Kier molecular flexibility index (Phi) is 11.3. The van der Waals surface area contributed by atoms with E-state index >= 15 is 0 Å². The number of fused-ring (bicyclic) bond motifs is 2. The Morgan fingerprint density at radius 3 is 1.78 bits per heavy atom. The second-order valence-electron chi connectivity index (χ2n) is 9.05. The van der Waals surface area contributed by atoms with E-state index < -0.39 is 5.97 Å². The normalized spacial score (nSPS) is 10.6. The van der Waals surface area contributed by atoms with Crippen molar-refractivity contribution in [3.8, 4) is 6.07 Å². The molecule has 2 aromatic heterocycles. The molecule has 4 aromatic rings. The Bertz CT molecular complexity index is 1320. The first kappa shape index (κ1) is 27.5. The molecule has 0 atom stereocenters. The van der Waals surface area contributed by atoms with Gasteiger partial charge in [0.15, 0.2) is 6.61 Å². The largest absolute Gasteiger partial charge is 0.481 e. The third-order valence-corrected chi connectivity index (χ3v) is 6.31. The summed E-state index contributed by atoms with van der Waals surface area (Å²) in [6.07, 6.45) is 12.5. The molecular formula is C30H35N3O4. The van der Waals surface area contributed by atoms with Crippen LogP contribution in [0.1, 0.15) is 62.5 Å². The Morgan fingerprint density at radius 1 is 0.757 bits per heavy atom. The lowest BCUT2D eigenvalue weighted by Gasteiger charge is -2.01. The van der Waals surface area contributed by atoms with Gasteiger partial charge >= 0.3 is 11.9 Å². The predicted octanol–water partition coefficient (Wildman–Crippen LogP) is 6.69. The number of unbranched alkanes of at least 4 members (excludes halogenated alkanes) is 4. The highest BCUT2D eigenvalue weighted by Crippen LogP contribution is 2.21. The van der Waals surface area contributed by atoms with Crippen molar-refractivity contribution in [3.05, 3.63) is 72.1 Å². The summed E-state index contributed by atoms with van der Waals surface area (Å²) in [5.74, 6) is -0.976. The van der Waals surface area contributed by atoms with Crippen LogP contribution in [-0.4, -0.2) is 33.6 Å². The summed E-state index contributed by atoms with van der Waals surface area (Å²) in [7, 11) is 0. The number of carboxylic acid groups (broad SMARTS) is 1. The van der Waals surface area contributed by atoms with Gasteiger partial charge in [0.2, 0.25) is 0 Å². The van der Waals surface area contributed by atoms with Crippen LogP contribution in [0.15, 0.2) is 60.9 Å². The maximum Gasteiger partial charge on any atom is 0.306 e. The molecular weight excluding hydrogens is 466 g/mol. The first-order chi connectivity index (χ1) is 18.1. The van der Waals surface area contributed by atoms with Gasteiger partial charge in [-0.15, -0.1) is 0 Å². The number of hydrogen-bond acceptors (Lipinski definition) is 4. The van der Waals surface area contributed by atoms with E-state index in [1.54, 1.807) is 6.07 Å².